The fraction of sp³-hybridized carbons (Fsp3) is 0.214. The highest BCUT2D eigenvalue weighted by Crippen LogP contribution is 2.25. The second-order valence-electron chi connectivity index (χ2n) is 3.93. The summed E-state index contributed by atoms with van der Waals surface area (Å²) in [5.41, 5.74) is 0. The van der Waals surface area contributed by atoms with Crippen LogP contribution in [-0.2, 0) is 0 Å². The highest BCUT2D eigenvalue weighted by molar-refractivity contribution is 9.10. The van der Waals surface area contributed by atoms with Gasteiger partial charge in [-0.3, -0.25) is 4.79 Å². The number of Topliss-reactive ketones (excluding diaryl/α,β-unsaturated/α-hetero) is 1. The Labute approximate surface area is 123 Å². The minimum Gasteiger partial charge on any atom is -0.492 e. The lowest BCUT2D eigenvalue weighted by Gasteiger charge is -2.07. The molecule has 0 aliphatic rings. The molecule has 1 heterocycles. The number of rotatable bonds is 6. The number of hydrogen-bond acceptors (Lipinski definition) is 3. The van der Waals surface area contributed by atoms with Gasteiger partial charge in [-0.25, -0.2) is 4.39 Å². The van der Waals surface area contributed by atoms with E-state index in [1.807, 2.05) is 17.5 Å². The van der Waals surface area contributed by atoms with Gasteiger partial charge >= 0.3 is 0 Å². The molecule has 0 N–H and O–H groups in total. The van der Waals surface area contributed by atoms with E-state index in [9.17, 15) is 9.18 Å². The monoisotopic (exact) mass is 342 g/mol. The van der Waals surface area contributed by atoms with Crippen molar-refractivity contribution in [2.24, 2.45) is 0 Å². The molecule has 2 rings (SSSR count). The van der Waals surface area contributed by atoms with Crippen LogP contribution in [0.1, 0.15) is 22.5 Å². The first-order valence-electron chi connectivity index (χ1n) is 5.81. The van der Waals surface area contributed by atoms with Crippen molar-refractivity contribution in [1.29, 1.82) is 0 Å². The molecule has 0 bridgehead atoms. The smallest absolute Gasteiger partial charge is 0.172 e. The van der Waals surface area contributed by atoms with E-state index in [-0.39, 0.29) is 11.6 Å². The Balaban J connectivity index is 1.78. The number of carbonyl (C=O) groups is 1. The van der Waals surface area contributed by atoms with E-state index >= 15 is 0 Å². The summed E-state index contributed by atoms with van der Waals surface area (Å²) in [5, 5.41) is 1.88. The summed E-state index contributed by atoms with van der Waals surface area (Å²) in [6, 6.07) is 7.96. The van der Waals surface area contributed by atoms with Crippen LogP contribution in [0.25, 0.3) is 0 Å². The fourth-order valence-electron chi connectivity index (χ4n) is 1.56. The van der Waals surface area contributed by atoms with E-state index in [0.717, 1.165) is 4.88 Å². The van der Waals surface area contributed by atoms with Gasteiger partial charge in [0.15, 0.2) is 5.78 Å². The molecule has 0 spiro atoms. The Hall–Kier alpha value is -1.20. The highest BCUT2D eigenvalue weighted by atomic mass is 79.9. The summed E-state index contributed by atoms with van der Waals surface area (Å²) in [6.07, 6.45) is 1.05. The zero-order valence-corrected chi connectivity index (χ0v) is 12.5. The summed E-state index contributed by atoms with van der Waals surface area (Å²) in [5.74, 6) is 0.244. The molecule has 0 saturated carbocycles. The lowest BCUT2D eigenvalue weighted by molar-refractivity contribution is 0.0977. The van der Waals surface area contributed by atoms with Gasteiger partial charge < -0.3 is 4.74 Å². The van der Waals surface area contributed by atoms with E-state index in [0.29, 0.717) is 29.7 Å². The van der Waals surface area contributed by atoms with Crippen LogP contribution in [0.3, 0.4) is 0 Å². The van der Waals surface area contributed by atoms with Gasteiger partial charge in [0, 0.05) is 12.5 Å². The van der Waals surface area contributed by atoms with Crippen molar-refractivity contribution in [1.82, 2.24) is 0 Å². The van der Waals surface area contributed by atoms with Crippen LogP contribution in [0.4, 0.5) is 4.39 Å². The molecule has 1 aromatic heterocycles. The van der Waals surface area contributed by atoms with Crippen molar-refractivity contribution in [3.63, 3.8) is 0 Å². The second-order valence-corrected chi connectivity index (χ2v) is 5.73. The van der Waals surface area contributed by atoms with E-state index in [2.05, 4.69) is 15.9 Å². The molecule has 2 aromatic rings. The Bertz CT molecular complexity index is 555. The number of benzene rings is 1. The predicted molar refractivity (Wildman–Crippen MR) is 77.5 cm³/mol. The van der Waals surface area contributed by atoms with E-state index in [4.69, 9.17) is 4.74 Å². The number of thiophene rings is 1. The van der Waals surface area contributed by atoms with Crippen LogP contribution in [-0.4, -0.2) is 12.4 Å². The van der Waals surface area contributed by atoms with E-state index in [1.54, 1.807) is 6.07 Å². The average Bonchev–Trinajstić information content (AvgIpc) is 2.92. The molecule has 0 atom stereocenters. The first-order chi connectivity index (χ1) is 9.16. The molecule has 1 aromatic carbocycles. The molecule has 0 amide bonds. The van der Waals surface area contributed by atoms with Crippen molar-refractivity contribution < 1.29 is 13.9 Å². The van der Waals surface area contributed by atoms with Gasteiger partial charge in [0.1, 0.15) is 11.6 Å². The minimum atomic E-state index is -0.340. The van der Waals surface area contributed by atoms with E-state index in [1.165, 1.54) is 23.5 Å². The zero-order chi connectivity index (χ0) is 13.7. The molecular formula is C14H12BrFO2S. The lowest BCUT2D eigenvalue weighted by atomic mass is 10.2. The highest BCUT2D eigenvalue weighted by Gasteiger charge is 2.07. The number of halogens is 2. The molecule has 0 fully saturated rings. The number of carbonyl (C=O) groups excluding carboxylic acids is 1. The number of hydrogen-bond donors (Lipinski definition) is 0. The van der Waals surface area contributed by atoms with Crippen LogP contribution < -0.4 is 4.74 Å². The van der Waals surface area contributed by atoms with Gasteiger partial charge in [0.05, 0.1) is 16.0 Å². The summed E-state index contributed by atoms with van der Waals surface area (Å²) in [6.45, 7) is 0.388. The third-order valence-corrected chi connectivity index (χ3v) is 4.06. The summed E-state index contributed by atoms with van der Waals surface area (Å²) in [7, 11) is 0. The Morgan fingerprint density at radius 1 is 1.37 bits per heavy atom. The quantitative estimate of drug-likeness (QED) is 0.562. The van der Waals surface area contributed by atoms with Crippen LogP contribution >= 0.6 is 27.3 Å². The third-order valence-electron chi connectivity index (χ3n) is 2.49. The van der Waals surface area contributed by atoms with Crippen molar-refractivity contribution in [2.75, 3.05) is 6.61 Å². The van der Waals surface area contributed by atoms with Gasteiger partial charge in [-0.15, -0.1) is 11.3 Å². The van der Waals surface area contributed by atoms with E-state index < -0.39 is 0 Å². The summed E-state index contributed by atoms with van der Waals surface area (Å²) >= 11 is 4.73. The Kier molecular flexibility index (Phi) is 5.10. The second kappa shape index (κ2) is 6.82. The molecule has 0 unspecified atom stereocenters. The maximum absolute atomic E-state index is 13.0. The number of ether oxygens (including phenoxy) is 1. The van der Waals surface area contributed by atoms with Crippen LogP contribution in [0.2, 0.25) is 0 Å². The number of ketones is 1. The topological polar surface area (TPSA) is 26.3 Å². The first kappa shape index (κ1) is 14.2. The zero-order valence-electron chi connectivity index (χ0n) is 10.1. The average molecular weight is 343 g/mol. The Morgan fingerprint density at radius 3 is 2.95 bits per heavy atom. The fourth-order valence-corrected chi connectivity index (χ4v) is 2.62. The predicted octanol–water partition coefficient (Wildman–Crippen LogP) is 4.69. The molecule has 5 heteroatoms. The molecule has 0 aliphatic heterocycles. The third kappa shape index (κ3) is 4.14. The van der Waals surface area contributed by atoms with Crippen LogP contribution in [0.15, 0.2) is 40.2 Å². The van der Waals surface area contributed by atoms with Gasteiger partial charge in [0.2, 0.25) is 0 Å². The molecular weight excluding hydrogens is 331 g/mol. The van der Waals surface area contributed by atoms with Crippen molar-refractivity contribution in [3.05, 3.63) is 50.9 Å². The molecule has 0 radical (unpaired) electrons. The largest absolute Gasteiger partial charge is 0.492 e. The summed E-state index contributed by atoms with van der Waals surface area (Å²) in [4.78, 5) is 12.5. The van der Waals surface area contributed by atoms with Crippen LogP contribution in [0.5, 0.6) is 5.75 Å². The van der Waals surface area contributed by atoms with Gasteiger partial charge in [-0.05, 0) is 45.9 Å². The molecule has 2 nitrogen and oxygen atoms in total. The standard InChI is InChI=1S/C14H12BrFO2S/c15-11-6-5-10(16)9-13(11)18-7-1-3-12(17)14-4-2-8-19-14/h2,4-6,8-9H,1,3,7H2. The van der Waals surface area contributed by atoms with Gasteiger partial charge in [0.25, 0.3) is 0 Å². The maximum Gasteiger partial charge on any atom is 0.172 e. The van der Waals surface area contributed by atoms with Gasteiger partial charge in [-0.2, -0.15) is 0 Å². The first-order valence-corrected chi connectivity index (χ1v) is 7.48. The van der Waals surface area contributed by atoms with Crippen molar-refractivity contribution in [3.8, 4) is 5.75 Å². The normalized spacial score (nSPS) is 10.4. The van der Waals surface area contributed by atoms with Crippen molar-refractivity contribution in [2.45, 2.75) is 12.8 Å². The van der Waals surface area contributed by atoms with Gasteiger partial charge in [-0.1, -0.05) is 6.07 Å². The van der Waals surface area contributed by atoms with Crippen LogP contribution in [0, 0.1) is 5.82 Å². The maximum atomic E-state index is 13.0. The Morgan fingerprint density at radius 2 is 2.21 bits per heavy atom. The minimum absolute atomic E-state index is 0.122. The summed E-state index contributed by atoms with van der Waals surface area (Å²) < 4.78 is 19.2. The SMILES string of the molecule is O=C(CCCOc1cc(F)ccc1Br)c1cccs1. The molecule has 19 heavy (non-hydrogen) atoms. The lowest BCUT2D eigenvalue weighted by Crippen LogP contribution is -2.03. The molecule has 0 saturated heterocycles. The molecule has 100 valence electrons. The van der Waals surface area contributed by atoms with Crippen molar-refractivity contribution >= 4 is 33.0 Å². The molecule has 0 aliphatic carbocycles.